The number of hydrogen-bond donors (Lipinski definition) is 0. The minimum Gasteiger partial charge on any atom is -0.492 e. The largest absolute Gasteiger partial charge is 0.492 e. The van der Waals surface area contributed by atoms with E-state index in [4.69, 9.17) is 9.15 Å². The SMILES string of the molecule is O=C(CCCOc1ccccc1Br)N1CCCC(c2nc3ccccc3o2)C1. The summed E-state index contributed by atoms with van der Waals surface area (Å²) in [6, 6.07) is 15.5. The van der Waals surface area contributed by atoms with E-state index < -0.39 is 0 Å². The molecular weight excluding hydrogens is 420 g/mol. The number of carbonyl (C=O) groups excluding carboxylic acids is 1. The quantitative estimate of drug-likeness (QED) is 0.494. The third kappa shape index (κ3) is 4.38. The molecule has 1 aromatic heterocycles. The summed E-state index contributed by atoms with van der Waals surface area (Å²) < 4.78 is 12.6. The lowest BCUT2D eigenvalue weighted by Gasteiger charge is -2.31. The highest BCUT2D eigenvalue weighted by molar-refractivity contribution is 9.10. The van der Waals surface area contributed by atoms with Gasteiger partial charge >= 0.3 is 0 Å². The van der Waals surface area contributed by atoms with Gasteiger partial charge in [0.05, 0.1) is 17.0 Å². The summed E-state index contributed by atoms with van der Waals surface area (Å²) in [7, 11) is 0. The van der Waals surface area contributed by atoms with E-state index in [1.165, 1.54) is 0 Å². The zero-order valence-electron chi connectivity index (χ0n) is 15.6. The molecule has 2 heterocycles. The van der Waals surface area contributed by atoms with Gasteiger partial charge in [-0.25, -0.2) is 4.98 Å². The van der Waals surface area contributed by atoms with Crippen LogP contribution < -0.4 is 4.74 Å². The first-order chi connectivity index (χ1) is 13.7. The average molecular weight is 443 g/mol. The van der Waals surface area contributed by atoms with Crippen molar-refractivity contribution >= 4 is 32.9 Å². The molecule has 1 aliphatic heterocycles. The Kier molecular flexibility index (Phi) is 5.95. The fourth-order valence-electron chi connectivity index (χ4n) is 3.60. The van der Waals surface area contributed by atoms with Crippen molar-refractivity contribution in [2.75, 3.05) is 19.7 Å². The highest BCUT2D eigenvalue weighted by atomic mass is 79.9. The van der Waals surface area contributed by atoms with Gasteiger partial charge in [-0.05, 0) is 59.5 Å². The smallest absolute Gasteiger partial charge is 0.222 e. The number of fused-ring (bicyclic) bond motifs is 1. The van der Waals surface area contributed by atoms with Crippen molar-refractivity contribution < 1.29 is 13.9 Å². The van der Waals surface area contributed by atoms with Crippen molar-refractivity contribution in [3.05, 3.63) is 58.9 Å². The van der Waals surface area contributed by atoms with Gasteiger partial charge in [-0.15, -0.1) is 0 Å². The first kappa shape index (κ1) is 19.0. The molecule has 0 spiro atoms. The van der Waals surface area contributed by atoms with E-state index in [2.05, 4.69) is 20.9 Å². The van der Waals surface area contributed by atoms with Crippen molar-refractivity contribution in [3.8, 4) is 5.75 Å². The second kappa shape index (κ2) is 8.78. The molecule has 1 saturated heterocycles. The molecule has 3 aromatic rings. The Hall–Kier alpha value is -2.34. The lowest BCUT2D eigenvalue weighted by molar-refractivity contribution is -0.132. The van der Waals surface area contributed by atoms with E-state index in [9.17, 15) is 4.79 Å². The van der Waals surface area contributed by atoms with E-state index in [0.717, 1.165) is 46.6 Å². The van der Waals surface area contributed by atoms with Crippen LogP contribution in [0.3, 0.4) is 0 Å². The first-order valence-electron chi connectivity index (χ1n) is 9.71. The Morgan fingerprint density at radius 1 is 1.21 bits per heavy atom. The average Bonchev–Trinajstić information content (AvgIpc) is 3.17. The number of amides is 1. The molecule has 146 valence electrons. The van der Waals surface area contributed by atoms with Crippen LogP contribution in [0.5, 0.6) is 5.75 Å². The van der Waals surface area contributed by atoms with Crippen LogP contribution >= 0.6 is 15.9 Å². The number of para-hydroxylation sites is 3. The molecule has 1 fully saturated rings. The first-order valence-corrected chi connectivity index (χ1v) is 10.5. The second-order valence-electron chi connectivity index (χ2n) is 7.08. The van der Waals surface area contributed by atoms with Crippen LogP contribution in [-0.2, 0) is 4.79 Å². The van der Waals surface area contributed by atoms with Crippen LogP contribution in [0.15, 0.2) is 57.4 Å². The number of likely N-dealkylation sites (tertiary alicyclic amines) is 1. The van der Waals surface area contributed by atoms with E-state index in [1.807, 2.05) is 53.4 Å². The number of benzene rings is 2. The van der Waals surface area contributed by atoms with Crippen LogP contribution in [0.4, 0.5) is 0 Å². The highest BCUT2D eigenvalue weighted by Crippen LogP contribution is 2.29. The lowest BCUT2D eigenvalue weighted by atomic mass is 9.97. The van der Waals surface area contributed by atoms with Crippen LogP contribution in [0, 0.1) is 0 Å². The fraction of sp³-hybridized carbons (Fsp3) is 0.364. The molecule has 0 bridgehead atoms. The Labute approximate surface area is 172 Å². The lowest BCUT2D eigenvalue weighted by Crippen LogP contribution is -2.39. The third-order valence-electron chi connectivity index (χ3n) is 5.06. The van der Waals surface area contributed by atoms with Crippen molar-refractivity contribution in [1.82, 2.24) is 9.88 Å². The maximum atomic E-state index is 12.6. The number of nitrogens with zero attached hydrogens (tertiary/aromatic N) is 2. The number of ether oxygens (including phenoxy) is 1. The normalized spacial score (nSPS) is 17.0. The minimum atomic E-state index is 0.168. The third-order valence-corrected chi connectivity index (χ3v) is 5.72. The summed E-state index contributed by atoms with van der Waals surface area (Å²) in [5.41, 5.74) is 1.69. The van der Waals surface area contributed by atoms with Crippen LogP contribution in [0.2, 0.25) is 0 Å². The van der Waals surface area contributed by atoms with E-state index in [-0.39, 0.29) is 11.8 Å². The number of rotatable bonds is 6. The summed E-state index contributed by atoms with van der Waals surface area (Å²) in [4.78, 5) is 19.2. The molecule has 1 aliphatic rings. The van der Waals surface area contributed by atoms with E-state index in [0.29, 0.717) is 26.0 Å². The van der Waals surface area contributed by atoms with Crippen LogP contribution in [0.25, 0.3) is 11.1 Å². The van der Waals surface area contributed by atoms with Gasteiger partial charge in [0.25, 0.3) is 0 Å². The van der Waals surface area contributed by atoms with Crippen molar-refractivity contribution in [3.63, 3.8) is 0 Å². The van der Waals surface area contributed by atoms with Crippen molar-refractivity contribution in [2.24, 2.45) is 0 Å². The highest BCUT2D eigenvalue weighted by Gasteiger charge is 2.27. The molecule has 0 N–H and O–H groups in total. The number of piperidine rings is 1. The Bertz CT molecular complexity index is 923. The molecule has 4 rings (SSSR count). The molecule has 6 heteroatoms. The molecular formula is C22H23BrN2O3. The summed E-state index contributed by atoms with van der Waals surface area (Å²) in [6.45, 7) is 2.01. The van der Waals surface area contributed by atoms with Gasteiger partial charge in [0.2, 0.25) is 5.91 Å². The zero-order chi connectivity index (χ0) is 19.3. The van der Waals surface area contributed by atoms with E-state index in [1.54, 1.807) is 0 Å². The van der Waals surface area contributed by atoms with Gasteiger partial charge in [-0.3, -0.25) is 4.79 Å². The number of hydrogen-bond acceptors (Lipinski definition) is 4. The Balaban J connectivity index is 1.29. The Morgan fingerprint density at radius 2 is 2.04 bits per heavy atom. The molecule has 0 saturated carbocycles. The molecule has 28 heavy (non-hydrogen) atoms. The number of oxazole rings is 1. The van der Waals surface area contributed by atoms with E-state index >= 15 is 0 Å². The summed E-state index contributed by atoms with van der Waals surface area (Å²) in [6.07, 6.45) is 3.17. The van der Waals surface area contributed by atoms with Gasteiger partial charge in [-0.1, -0.05) is 24.3 Å². The maximum absolute atomic E-state index is 12.6. The predicted molar refractivity (Wildman–Crippen MR) is 111 cm³/mol. The molecule has 0 radical (unpaired) electrons. The molecule has 1 unspecified atom stereocenters. The minimum absolute atomic E-state index is 0.168. The standard InChI is InChI=1S/C22H23BrN2O3/c23-17-8-1-3-10-19(17)27-14-6-12-21(26)25-13-5-7-16(15-25)22-24-18-9-2-4-11-20(18)28-22/h1-4,8-11,16H,5-7,12-15H2. The summed E-state index contributed by atoms with van der Waals surface area (Å²) in [5, 5.41) is 0. The van der Waals surface area contributed by atoms with Crippen molar-refractivity contribution in [2.45, 2.75) is 31.6 Å². The molecule has 1 amide bonds. The molecule has 0 aliphatic carbocycles. The molecule has 1 atom stereocenters. The Morgan fingerprint density at radius 3 is 2.89 bits per heavy atom. The van der Waals surface area contributed by atoms with Crippen molar-refractivity contribution in [1.29, 1.82) is 0 Å². The van der Waals surface area contributed by atoms with Crippen LogP contribution in [-0.4, -0.2) is 35.5 Å². The predicted octanol–water partition coefficient (Wildman–Crippen LogP) is 5.16. The topological polar surface area (TPSA) is 55.6 Å². The number of halogens is 1. The van der Waals surface area contributed by atoms with Gasteiger partial charge < -0.3 is 14.1 Å². The van der Waals surface area contributed by atoms with Crippen LogP contribution in [0.1, 0.15) is 37.5 Å². The van der Waals surface area contributed by atoms with Gasteiger partial charge in [-0.2, -0.15) is 0 Å². The molecule has 5 nitrogen and oxygen atoms in total. The zero-order valence-corrected chi connectivity index (χ0v) is 17.2. The van der Waals surface area contributed by atoms with Gasteiger partial charge in [0.15, 0.2) is 11.5 Å². The number of aromatic nitrogens is 1. The summed E-state index contributed by atoms with van der Waals surface area (Å²) in [5.74, 6) is 1.90. The monoisotopic (exact) mass is 442 g/mol. The summed E-state index contributed by atoms with van der Waals surface area (Å²) >= 11 is 3.47. The van der Waals surface area contributed by atoms with Gasteiger partial charge in [0, 0.05) is 19.5 Å². The second-order valence-corrected chi connectivity index (χ2v) is 7.94. The number of carbonyl (C=O) groups is 1. The molecule has 2 aromatic carbocycles. The van der Waals surface area contributed by atoms with Gasteiger partial charge in [0.1, 0.15) is 11.3 Å². The fourth-order valence-corrected chi connectivity index (χ4v) is 3.99. The maximum Gasteiger partial charge on any atom is 0.222 e.